The second-order valence-electron chi connectivity index (χ2n) is 22.5. The zero-order valence-corrected chi connectivity index (χ0v) is 37.7. The summed E-state index contributed by atoms with van der Waals surface area (Å²) in [7, 11) is 0. The lowest BCUT2D eigenvalue weighted by molar-refractivity contribution is -0.340. The first-order valence-corrected chi connectivity index (χ1v) is 23.5. The van der Waals surface area contributed by atoms with Crippen LogP contribution in [0.3, 0.4) is 0 Å². The van der Waals surface area contributed by atoms with E-state index in [2.05, 4.69) is 49.1 Å². The summed E-state index contributed by atoms with van der Waals surface area (Å²) >= 11 is 0. The molecule has 4 saturated carbocycles. The van der Waals surface area contributed by atoms with E-state index in [9.17, 15) is 50.4 Å². The van der Waals surface area contributed by atoms with Crippen LogP contribution in [0.2, 0.25) is 0 Å². The third-order valence-corrected chi connectivity index (χ3v) is 19.5. The summed E-state index contributed by atoms with van der Waals surface area (Å²) in [4.78, 5) is 34.4. The van der Waals surface area contributed by atoms with Crippen LogP contribution >= 0.6 is 0 Å². The average Bonchev–Trinajstić information content (AvgIpc) is 3.91. The first-order chi connectivity index (χ1) is 29.6. The van der Waals surface area contributed by atoms with Crippen LogP contribution in [0.25, 0.3) is 0 Å². The summed E-state index contributed by atoms with van der Waals surface area (Å²) in [6.45, 7) is 10.2. The fraction of sp³-hybridized carbons (Fsp3) is 0.851. The minimum Gasteiger partial charge on any atom is -0.481 e. The number of fused-ring (bicyclic) bond motifs is 7. The normalized spacial score (nSPS) is 49.3. The van der Waals surface area contributed by atoms with E-state index in [1.165, 1.54) is 5.57 Å². The standard InChI is InChI=1S/C47H74N4O12/c1-42(21-52)12-14-47(41(60)61)15-13-44(3)26(28(47)18-42)7-8-32-45(44,4)11-10-31-43(2,22-53)39(63-40-38(59)37(58)30(54)20-62-40)36(57)27(46(31,32)5)16-24-17-34(56)51-35(24)25(6-9-33(48)55)29-19-49-23-50-29/h7,19,23-25,27-28,30-33,35-40,52-55,57-59H,6,8-18,20-22,48H2,1-5H3,(H,49,50)(H,51,56)(H,60,61)/t24-,25+,27+,28-,30+,31+,32-,33-,35-,36+,37-,38+,39+,40-,42-,43-,44+,45+,46-,47-/m0/s1. The molecule has 1 aromatic rings. The Morgan fingerprint density at radius 1 is 0.984 bits per heavy atom. The van der Waals surface area contributed by atoms with Gasteiger partial charge in [0.05, 0.1) is 37.2 Å². The van der Waals surface area contributed by atoms with Crippen molar-refractivity contribution in [3.05, 3.63) is 29.9 Å². The number of allylic oxidation sites excluding steroid dienone is 2. The Morgan fingerprint density at radius 3 is 2.37 bits per heavy atom. The van der Waals surface area contributed by atoms with Crippen LogP contribution in [0, 0.1) is 62.1 Å². The highest BCUT2D eigenvalue weighted by atomic mass is 16.7. The van der Waals surface area contributed by atoms with Crippen LogP contribution in [-0.2, 0) is 19.1 Å². The van der Waals surface area contributed by atoms with Crippen LogP contribution in [0.5, 0.6) is 0 Å². The number of amides is 1. The maximum atomic E-state index is 13.6. The third kappa shape index (κ3) is 7.18. The number of nitrogens with two attached hydrogens (primary N) is 1. The number of imidazole rings is 1. The summed E-state index contributed by atoms with van der Waals surface area (Å²) < 4.78 is 12.4. The van der Waals surface area contributed by atoms with Gasteiger partial charge in [0.2, 0.25) is 5.91 Å². The van der Waals surface area contributed by atoms with Crippen molar-refractivity contribution in [1.29, 1.82) is 0 Å². The third-order valence-electron chi connectivity index (χ3n) is 19.5. The summed E-state index contributed by atoms with van der Waals surface area (Å²) in [5, 5.41) is 91.9. The highest BCUT2D eigenvalue weighted by molar-refractivity contribution is 5.79. The van der Waals surface area contributed by atoms with Gasteiger partial charge in [-0.3, -0.25) is 9.59 Å². The van der Waals surface area contributed by atoms with Gasteiger partial charge in [0, 0.05) is 42.3 Å². The van der Waals surface area contributed by atoms with Crippen molar-refractivity contribution in [2.24, 2.45) is 67.8 Å². The molecule has 0 bridgehead atoms. The SMILES string of the molecule is C[C@]1(CO)CC[C@]2(C(=O)O)CC[C@]3(C)C(=CC[C@@H]4[C@@]5(C)[C@H](C[C@H]6CC(=O)N[C@@H]6[C@H](CC[C@@H](N)O)c6cnc[nH]6)[C@@H](O)[C@@H](O[C@@H]6OC[C@@H](O)[C@H](O)[C@H]6O)[C@@](C)(CO)[C@H]5CC[C@]43C)[C@@H]2C1. The van der Waals surface area contributed by atoms with Crippen molar-refractivity contribution in [2.75, 3.05) is 19.8 Å². The number of nitrogens with one attached hydrogen (secondary N) is 2. The number of aliphatic hydroxyl groups excluding tert-OH is 7. The Bertz CT molecular complexity index is 1880. The van der Waals surface area contributed by atoms with E-state index in [0.29, 0.717) is 57.8 Å². The number of hydrogen-bond donors (Lipinski definition) is 11. The van der Waals surface area contributed by atoms with E-state index in [-0.39, 0.29) is 73.6 Å². The lowest BCUT2D eigenvalue weighted by atomic mass is 9.31. The molecule has 8 rings (SSSR count). The van der Waals surface area contributed by atoms with E-state index < -0.39 is 88.0 Å². The summed E-state index contributed by atoms with van der Waals surface area (Å²) in [6.07, 6.45) is 2.52. The number of nitrogens with zero attached hydrogens (tertiary/aromatic N) is 1. The lowest BCUT2D eigenvalue weighted by Gasteiger charge is -2.73. The van der Waals surface area contributed by atoms with Crippen molar-refractivity contribution < 1.29 is 59.9 Å². The number of carbonyl (C=O) groups excluding carboxylic acids is 1. The molecule has 1 aromatic heterocycles. The smallest absolute Gasteiger partial charge is 0.310 e. The number of carboxylic acid groups (broad SMARTS) is 1. The number of aliphatic hydroxyl groups is 7. The molecule has 2 saturated heterocycles. The predicted octanol–water partition coefficient (Wildman–Crippen LogP) is 2.30. The highest BCUT2D eigenvalue weighted by Crippen LogP contribution is 2.77. The lowest BCUT2D eigenvalue weighted by Crippen LogP contribution is -2.72. The number of aliphatic carboxylic acids is 1. The molecule has 16 nitrogen and oxygen atoms in total. The first-order valence-electron chi connectivity index (χ1n) is 23.5. The van der Waals surface area contributed by atoms with Gasteiger partial charge in [-0.15, -0.1) is 0 Å². The molecule has 354 valence electrons. The molecule has 20 atom stereocenters. The molecule has 0 radical (unpaired) electrons. The maximum absolute atomic E-state index is 13.6. The topological polar surface area (TPSA) is 281 Å². The largest absolute Gasteiger partial charge is 0.481 e. The van der Waals surface area contributed by atoms with E-state index >= 15 is 0 Å². The fourth-order valence-electron chi connectivity index (χ4n) is 15.6. The molecule has 1 amide bonds. The van der Waals surface area contributed by atoms with Crippen molar-refractivity contribution in [3.63, 3.8) is 0 Å². The van der Waals surface area contributed by atoms with Crippen LogP contribution in [0.15, 0.2) is 24.2 Å². The van der Waals surface area contributed by atoms with Gasteiger partial charge in [-0.25, -0.2) is 4.98 Å². The Morgan fingerprint density at radius 2 is 1.71 bits per heavy atom. The minimum atomic E-state index is -1.63. The summed E-state index contributed by atoms with van der Waals surface area (Å²) in [6, 6.07) is -0.406. The summed E-state index contributed by atoms with van der Waals surface area (Å²) in [5.41, 5.74) is 3.92. The second-order valence-corrected chi connectivity index (χ2v) is 22.5. The number of H-pyrrole nitrogens is 1. The quantitative estimate of drug-likeness (QED) is 0.0817. The molecule has 5 aliphatic carbocycles. The predicted molar refractivity (Wildman–Crippen MR) is 228 cm³/mol. The molecule has 0 unspecified atom stereocenters. The van der Waals surface area contributed by atoms with E-state index in [4.69, 9.17) is 15.2 Å². The zero-order chi connectivity index (χ0) is 45.7. The number of ether oxygens (including phenoxy) is 2. The van der Waals surface area contributed by atoms with Gasteiger partial charge in [-0.1, -0.05) is 46.3 Å². The number of rotatable bonds is 12. The van der Waals surface area contributed by atoms with Gasteiger partial charge >= 0.3 is 5.97 Å². The van der Waals surface area contributed by atoms with Crippen LogP contribution in [0.1, 0.15) is 123 Å². The Kier molecular flexibility index (Phi) is 12.4. The molecule has 7 aliphatic rings. The molecule has 16 heteroatoms. The van der Waals surface area contributed by atoms with Crippen molar-refractivity contribution >= 4 is 11.9 Å². The molecule has 63 heavy (non-hydrogen) atoms. The van der Waals surface area contributed by atoms with Gasteiger partial charge < -0.3 is 66.4 Å². The average molecular weight is 887 g/mol. The van der Waals surface area contributed by atoms with Crippen LogP contribution in [-0.4, -0.2) is 132 Å². The molecule has 12 N–H and O–H groups in total. The Hall–Kier alpha value is -2.51. The molecular weight excluding hydrogens is 813 g/mol. The minimum absolute atomic E-state index is 0.0125. The second kappa shape index (κ2) is 16.7. The van der Waals surface area contributed by atoms with Gasteiger partial charge in [0.15, 0.2) is 6.29 Å². The number of aromatic amines is 1. The van der Waals surface area contributed by atoms with E-state index in [0.717, 1.165) is 12.1 Å². The Labute approximate surface area is 370 Å². The maximum Gasteiger partial charge on any atom is 0.310 e. The number of carbonyl (C=O) groups is 2. The number of carboxylic acids is 1. The Balaban J connectivity index is 1.24. The molecule has 6 fully saturated rings. The van der Waals surface area contributed by atoms with E-state index in [1.807, 2.05) is 6.92 Å². The van der Waals surface area contributed by atoms with Crippen molar-refractivity contribution in [2.45, 2.75) is 167 Å². The zero-order valence-electron chi connectivity index (χ0n) is 37.7. The first kappa shape index (κ1) is 47.0. The molecule has 0 spiro atoms. The molecule has 3 heterocycles. The van der Waals surface area contributed by atoms with Crippen LogP contribution < -0.4 is 11.1 Å². The fourth-order valence-corrected chi connectivity index (χ4v) is 15.6. The summed E-state index contributed by atoms with van der Waals surface area (Å²) in [5.74, 6) is -2.58. The van der Waals surface area contributed by atoms with Gasteiger partial charge in [0.1, 0.15) is 24.5 Å². The number of aromatic nitrogens is 2. The highest BCUT2D eigenvalue weighted by Gasteiger charge is 2.73. The van der Waals surface area contributed by atoms with Crippen molar-refractivity contribution in [1.82, 2.24) is 15.3 Å². The van der Waals surface area contributed by atoms with Gasteiger partial charge in [0.25, 0.3) is 0 Å². The monoisotopic (exact) mass is 887 g/mol. The van der Waals surface area contributed by atoms with Gasteiger partial charge in [-0.2, -0.15) is 0 Å². The van der Waals surface area contributed by atoms with Crippen LogP contribution in [0.4, 0.5) is 0 Å². The van der Waals surface area contributed by atoms with Crippen molar-refractivity contribution in [3.8, 4) is 0 Å². The van der Waals surface area contributed by atoms with Gasteiger partial charge in [-0.05, 0) is 122 Å². The molecule has 0 aromatic carbocycles. The van der Waals surface area contributed by atoms with E-state index in [1.54, 1.807) is 12.5 Å². The number of hydrogen-bond acceptors (Lipinski definition) is 13. The molecular formula is C47H74N4O12. The molecule has 2 aliphatic heterocycles.